The Kier molecular flexibility index (Phi) is 4.48. The Morgan fingerprint density at radius 2 is 2.13 bits per heavy atom. The lowest BCUT2D eigenvalue weighted by Crippen LogP contribution is -2.36. The molecule has 1 rings (SSSR count). The predicted molar refractivity (Wildman–Crippen MR) is 65.7 cm³/mol. The van der Waals surface area contributed by atoms with Crippen molar-refractivity contribution in [2.24, 2.45) is 11.7 Å². The summed E-state index contributed by atoms with van der Waals surface area (Å²) in [7, 11) is 0. The van der Waals surface area contributed by atoms with Gasteiger partial charge in [0.2, 0.25) is 0 Å². The number of halogens is 1. The molecule has 15 heavy (non-hydrogen) atoms. The number of carbonyl (C=O) groups is 1. The molecule has 0 aliphatic carbocycles. The molecule has 0 aliphatic rings. The van der Waals surface area contributed by atoms with E-state index in [1.54, 1.807) is 0 Å². The van der Waals surface area contributed by atoms with Gasteiger partial charge in [-0.25, -0.2) is 0 Å². The zero-order valence-corrected chi connectivity index (χ0v) is 10.6. The number of nitrogens with two attached hydrogens (primary N) is 1. The molecular formula is C12H16BrNO. The first kappa shape index (κ1) is 12.4. The molecule has 3 heteroatoms. The van der Waals surface area contributed by atoms with Crippen molar-refractivity contribution in [3.05, 3.63) is 34.3 Å². The highest BCUT2D eigenvalue weighted by Crippen LogP contribution is 2.13. The van der Waals surface area contributed by atoms with Crippen LogP contribution in [0.1, 0.15) is 19.4 Å². The van der Waals surface area contributed by atoms with Crippen molar-refractivity contribution < 1.29 is 4.79 Å². The highest BCUT2D eigenvalue weighted by atomic mass is 79.9. The van der Waals surface area contributed by atoms with Gasteiger partial charge in [0, 0.05) is 10.9 Å². The van der Waals surface area contributed by atoms with E-state index >= 15 is 0 Å². The second-order valence-electron chi connectivity index (χ2n) is 4.04. The maximum atomic E-state index is 11.7. The van der Waals surface area contributed by atoms with E-state index in [0.29, 0.717) is 6.42 Å². The van der Waals surface area contributed by atoms with Crippen molar-refractivity contribution in [1.29, 1.82) is 0 Å². The Bertz CT molecular complexity index is 349. The molecule has 0 radical (unpaired) electrons. The maximum absolute atomic E-state index is 11.7. The molecule has 1 aromatic carbocycles. The van der Waals surface area contributed by atoms with Crippen LogP contribution in [0.5, 0.6) is 0 Å². The summed E-state index contributed by atoms with van der Waals surface area (Å²) in [5, 5.41) is 0. The summed E-state index contributed by atoms with van der Waals surface area (Å²) in [5.41, 5.74) is 6.79. The largest absolute Gasteiger partial charge is 0.321 e. The van der Waals surface area contributed by atoms with Gasteiger partial charge in [-0.2, -0.15) is 0 Å². The Labute approximate surface area is 99.0 Å². The van der Waals surface area contributed by atoms with Crippen molar-refractivity contribution in [3.8, 4) is 0 Å². The van der Waals surface area contributed by atoms with Crippen molar-refractivity contribution >= 4 is 21.7 Å². The van der Waals surface area contributed by atoms with E-state index in [1.807, 2.05) is 38.1 Å². The average molecular weight is 270 g/mol. The molecule has 2 N–H and O–H groups in total. The summed E-state index contributed by atoms with van der Waals surface area (Å²) in [6, 6.07) is 7.40. The third kappa shape index (κ3) is 3.76. The molecule has 0 spiro atoms. The van der Waals surface area contributed by atoms with Crippen molar-refractivity contribution in [3.63, 3.8) is 0 Å². The molecule has 0 saturated carbocycles. The van der Waals surface area contributed by atoms with Gasteiger partial charge < -0.3 is 5.73 Å². The fourth-order valence-electron chi connectivity index (χ4n) is 1.34. The van der Waals surface area contributed by atoms with Crippen LogP contribution in [0.2, 0.25) is 0 Å². The van der Waals surface area contributed by atoms with Gasteiger partial charge in [0.25, 0.3) is 0 Å². The average Bonchev–Trinajstić information content (AvgIpc) is 2.16. The van der Waals surface area contributed by atoms with Crippen LogP contribution in [0.4, 0.5) is 0 Å². The monoisotopic (exact) mass is 269 g/mol. The smallest absolute Gasteiger partial charge is 0.154 e. The van der Waals surface area contributed by atoms with Crippen LogP contribution >= 0.6 is 15.9 Å². The van der Waals surface area contributed by atoms with E-state index in [-0.39, 0.29) is 17.7 Å². The van der Waals surface area contributed by atoms with Crippen LogP contribution < -0.4 is 5.73 Å². The summed E-state index contributed by atoms with van der Waals surface area (Å²) in [6.45, 7) is 3.92. The van der Waals surface area contributed by atoms with Gasteiger partial charge in [-0.3, -0.25) is 4.79 Å². The summed E-state index contributed by atoms with van der Waals surface area (Å²) in [6.07, 6.45) is 0.415. The molecule has 1 atom stereocenters. The van der Waals surface area contributed by atoms with Gasteiger partial charge in [-0.05, 0) is 23.6 Å². The normalized spacial score (nSPS) is 12.9. The quantitative estimate of drug-likeness (QED) is 0.913. The second-order valence-corrected chi connectivity index (χ2v) is 4.96. The van der Waals surface area contributed by atoms with E-state index < -0.39 is 0 Å². The van der Waals surface area contributed by atoms with Gasteiger partial charge in [0.05, 0.1) is 6.04 Å². The highest BCUT2D eigenvalue weighted by Gasteiger charge is 2.17. The minimum atomic E-state index is -0.357. The van der Waals surface area contributed by atoms with Crippen LogP contribution in [0.3, 0.4) is 0 Å². The third-order valence-corrected chi connectivity index (χ3v) is 2.85. The Morgan fingerprint density at radius 3 is 2.67 bits per heavy atom. The minimum absolute atomic E-state index is 0.100. The molecule has 2 nitrogen and oxygen atoms in total. The first-order valence-electron chi connectivity index (χ1n) is 5.03. The molecule has 0 aromatic heterocycles. The van der Waals surface area contributed by atoms with E-state index in [2.05, 4.69) is 15.9 Å². The van der Waals surface area contributed by atoms with Crippen molar-refractivity contribution in [2.45, 2.75) is 26.3 Å². The van der Waals surface area contributed by atoms with Crippen LogP contribution in [0.15, 0.2) is 28.7 Å². The van der Waals surface area contributed by atoms with E-state index in [0.717, 1.165) is 10.0 Å². The molecular weight excluding hydrogens is 254 g/mol. The molecule has 0 fully saturated rings. The third-order valence-electron chi connectivity index (χ3n) is 2.36. The van der Waals surface area contributed by atoms with E-state index in [1.165, 1.54) is 0 Å². The molecule has 0 heterocycles. The summed E-state index contributed by atoms with van der Waals surface area (Å²) >= 11 is 3.38. The number of hydrogen-bond donors (Lipinski definition) is 1. The summed E-state index contributed by atoms with van der Waals surface area (Å²) in [4.78, 5) is 11.7. The molecule has 82 valence electrons. The molecule has 0 amide bonds. The fraction of sp³-hybridized carbons (Fsp3) is 0.417. The van der Waals surface area contributed by atoms with Crippen LogP contribution in [0.25, 0.3) is 0 Å². The summed E-state index contributed by atoms with van der Waals surface area (Å²) < 4.78 is 0.992. The number of rotatable bonds is 4. The van der Waals surface area contributed by atoms with E-state index in [9.17, 15) is 4.79 Å². The van der Waals surface area contributed by atoms with Crippen LogP contribution in [-0.2, 0) is 11.2 Å². The molecule has 0 aliphatic heterocycles. The lowest BCUT2D eigenvalue weighted by atomic mass is 9.96. The number of hydrogen-bond acceptors (Lipinski definition) is 2. The Morgan fingerprint density at radius 1 is 1.47 bits per heavy atom. The fourth-order valence-corrected chi connectivity index (χ4v) is 1.78. The van der Waals surface area contributed by atoms with Gasteiger partial charge in [-0.1, -0.05) is 41.9 Å². The van der Waals surface area contributed by atoms with Crippen LogP contribution in [-0.4, -0.2) is 11.8 Å². The molecule has 0 bridgehead atoms. The van der Waals surface area contributed by atoms with Gasteiger partial charge in [0.1, 0.15) is 0 Å². The summed E-state index contributed by atoms with van der Waals surface area (Å²) in [5.74, 6) is 0.299. The standard InChI is InChI=1S/C12H16BrNO/c1-8(2)12(14)11(15)7-9-4-3-5-10(13)6-9/h3-6,8,12H,7,14H2,1-2H3. The first-order chi connectivity index (χ1) is 7.00. The molecule has 1 aromatic rings. The van der Waals surface area contributed by atoms with Gasteiger partial charge in [-0.15, -0.1) is 0 Å². The van der Waals surface area contributed by atoms with Gasteiger partial charge in [0.15, 0.2) is 5.78 Å². The second kappa shape index (κ2) is 5.42. The van der Waals surface area contributed by atoms with Crippen molar-refractivity contribution in [1.82, 2.24) is 0 Å². The molecule has 1 unspecified atom stereocenters. The topological polar surface area (TPSA) is 43.1 Å². The number of carbonyl (C=O) groups excluding carboxylic acids is 1. The Hall–Kier alpha value is -0.670. The number of ketones is 1. The van der Waals surface area contributed by atoms with Gasteiger partial charge >= 0.3 is 0 Å². The minimum Gasteiger partial charge on any atom is -0.321 e. The van der Waals surface area contributed by atoms with Crippen LogP contribution in [0, 0.1) is 5.92 Å². The number of Topliss-reactive ketones (excluding diaryl/α,β-unsaturated/α-hetero) is 1. The zero-order valence-electron chi connectivity index (χ0n) is 9.03. The van der Waals surface area contributed by atoms with Crippen molar-refractivity contribution in [2.75, 3.05) is 0 Å². The SMILES string of the molecule is CC(C)C(N)C(=O)Cc1cccc(Br)c1. The molecule has 0 saturated heterocycles. The highest BCUT2D eigenvalue weighted by molar-refractivity contribution is 9.10. The Balaban J connectivity index is 2.66. The van der Waals surface area contributed by atoms with E-state index in [4.69, 9.17) is 5.73 Å². The predicted octanol–water partition coefficient (Wildman–Crippen LogP) is 2.54. The lowest BCUT2D eigenvalue weighted by Gasteiger charge is -2.14. The first-order valence-corrected chi connectivity index (χ1v) is 5.82. The number of benzene rings is 1. The zero-order chi connectivity index (χ0) is 11.4. The lowest BCUT2D eigenvalue weighted by molar-refractivity contribution is -0.120. The maximum Gasteiger partial charge on any atom is 0.154 e.